The number of halogens is 2. The molecule has 0 aromatic heterocycles. The summed E-state index contributed by atoms with van der Waals surface area (Å²) < 4.78 is 11.1. The fourth-order valence-corrected chi connectivity index (χ4v) is 0.214. The number of aliphatic hydroxyl groups is 1. The predicted octanol–water partition coefficient (Wildman–Crippen LogP) is 0.712. The summed E-state index contributed by atoms with van der Waals surface area (Å²) in [5, 5.41) is 8.57. The molecule has 0 aliphatic carbocycles. The van der Waals surface area contributed by atoms with Crippen molar-refractivity contribution in [3.05, 3.63) is 0 Å². The van der Waals surface area contributed by atoms with E-state index in [-0.39, 0.29) is 0 Å². The lowest BCUT2D eigenvalue weighted by Gasteiger charge is -1.94. The number of hydrogen-bond acceptors (Lipinski definition) is 1. The number of alkyl halides is 2. The first-order chi connectivity index (χ1) is 2.81. The molecule has 0 amide bonds. The van der Waals surface area contributed by atoms with Crippen LogP contribution in [0.1, 0.15) is 0 Å². The van der Waals surface area contributed by atoms with Crippen molar-refractivity contribution in [2.45, 2.75) is 6.10 Å². The molecule has 0 rings (SSSR count). The quantitative estimate of drug-likeness (QED) is 0.585. The molecule has 0 unspecified atom stereocenters. The molecule has 0 heterocycles. The first-order valence-electron chi connectivity index (χ1n) is 1.61. The van der Waals surface area contributed by atoms with E-state index in [2.05, 4.69) is 15.9 Å². The van der Waals surface area contributed by atoms with Crippen LogP contribution in [-0.4, -0.2) is 23.2 Å². The van der Waals surface area contributed by atoms with E-state index in [1.165, 1.54) is 0 Å². The summed E-state index contributed by atoms with van der Waals surface area (Å²) in [7, 11) is 0. The van der Waals surface area contributed by atoms with E-state index in [1.807, 2.05) is 0 Å². The fourth-order valence-electron chi connectivity index (χ4n) is 0.0412. The Bertz CT molecular complexity index is 30.0. The summed E-state index contributed by atoms with van der Waals surface area (Å²) >= 11 is 2.88. The van der Waals surface area contributed by atoms with Crippen molar-refractivity contribution in [3.8, 4) is 0 Å². The van der Waals surface area contributed by atoms with Gasteiger partial charge in [0.1, 0.15) is 6.67 Å². The molecule has 0 saturated carbocycles. The molecule has 0 aromatic rings. The molecule has 0 aliphatic heterocycles. The average Bonchev–Trinajstić information content (AvgIpc) is 1.65. The van der Waals surface area contributed by atoms with Crippen LogP contribution in [0.5, 0.6) is 0 Å². The molecule has 0 saturated heterocycles. The molecule has 38 valence electrons. The number of aliphatic hydroxyl groups excluding tert-OH is 1. The Labute approximate surface area is 44.3 Å². The molecule has 6 heavy (non-hydrogen) atoms. The summed E-state index contributed by atoms with van der Waals surface area (Å²) in [6.45, 7) is -0.661. The second-order valence-corrected chi connectivity index (χ2v) is 1.61. The minimum atomic E-state index is -0.815. The molecular weight excluding hydrogens is 151 g/mol. The average molecular weight is 157 g/mol. The Kier molecular flexibility index (Phi) is 3.78. The van der Waals surface area contributed by atoms with E-state index in [1.54, 1.807) is 0 Å². The molecular formula is C3H6BrFO. The Hall–Kier alpha value is 0.370. The predicted molar refractivity (Wildman–Crippen MR) is 25.8 cm³/mol. The Morgan fingerprint density at radius 1 is 1.83 bits per heavy atom. The minimum absolute atomic E-state index is 0.323. The highest BCUT2D eigenvalue weighted by Gasteiger charge is 1.95. The molecule has 0 aliphatic rings. The van der Waals surface area contributed by atoms with E-state index in [0.29, 0.717) is 5.33 Å². The zero-order valence-corrected chi connectivity index (χ0v) is 4.78. The normalized spacial score (nSPS) is 14.5. The molecule has 3 heteroatoms. The van der Waals surface area contributed by atoms with Gasteiger partial charge in [-0.05, 0) is 0 Å². The number of hydrogen-bond donors (Lipinski definition) is 1. The summed E-state index contributed by atoms with van der Waals surface area (Å²) in [6, 6.07) is 0. The van der Waals surface area contributed by atoms with Crippen molar-refractivity contribution in [2.75, 3.05) is 12.0 Å². The summed E-state index contributed by atoms with van der Waals surface area (Å²) in [5.74, 6) is 0. The van der Waals surface area contributed by atoms with Gasteiger partial charge < -0.3 is 5.11 Å². The first-order valence-corrected chi connectivity index (χ1v) is 2.73. The van der Waals surface area contributed by atoms with Crippen LogP contribution < -0.4 is 0 Å². The highest BCUT2D eigenvalue weighted by atomic mass is 79.9. The van der Waals surface area contributed by atoms with Crippen molar-refractivity contribution in [2.24, 2.45) is 0 Å². The third kappa shape index (κ3) is 2.60. The minimum Gasteiger partial charge on any atom is -0.390 e. The zero-order valence-electron chi connectivity index (χ0n) is 3.19. The third-order valence-corrected chi connectivity index (χ3v) is 1.10. The lowest BCUT2D eigenvalue weighted by Crippen LogP contribution is -2.08. The monoisotopic (exact) mass is 156 g/mol. The van der Waals surface area contributed by atoms with Gasteiger partial charge in [-0.1, -0.05) is 15.9 Å². The van der Waals surface area contributed by atoms with Crippen LogP contribution in [0.3, 0.4) is 0 Å². The molecule has 0 bridgehead atoms. The topological polar surface area (TPSA) is 20.2 Å². The second-order valence-electron chi connectivity index (χ2n) is 0.962. The van der Waals surface area contributed by atoms with Crippen LogP contribution in [0.25, 0.3) is 0 Å². The fraction of sp³-hybridized carbons (Fsp3) is 1.00. The van der Waals surface area contributed by atoms with E-state index >= 15 is 0 Å². The van der Waals surface area contributed by atoms with Gasteiger partial charge >= 0.3 is 0 Å². The molecule has 0 fully saturated rings. The van der Waals surface area contributed by atoms with Crippen LogP contribution in [0.4, 0.5) is 4.39 Å². The van der Waals surface area contributed by atoms with Crippen molar-refractivity contribution >= 4 is 15.9 Å². The van der Waals surface area contributed by atoms with Gasteiger partial charge in [0, 0.05) is 5.33 Å². The molecule has 1 nitrogen and oxygen atoms in total. The van der Waals surface area contributed by atoms with Gasteiger partial charge in [-0.25, -0.2) is 4.39 Å². The van der Waals surface area contributed by atoms with E-state index in [4.69, 9.17) is 5.11 Å². The van der Waals surface area contributed by atoms with Crippen LogP contribution in [0.15, 0.2) is 0 Å². The van der Waals surface area contributed by atoms with Gasteiger partial charge in [0.25, 0.3) is 0 Å². The van der Waals surface area contributed by atoms with Crippen molar-refractivity contribution < 1.29 is 9.50 Å². The molecule has 1 N–H and O–H groups in total. The summed E-state index contributed by atoms with van der Waals surface area (Å²) in [5.41, 5.74) is 0. The van der Waals surface area contributed by atoms with E-state index in [9.17, 15) is 4.39 Å². The Balaban J connectivity index is 2.75. The highest BCUT2D eigenvalue weighted by Crippen LogP contribution is 1.88. The largest absolute Gasteiger partial charge is 0.390 e. The van der Waals surface area contributed by atoms with Gasteiger partial charge in [-0.2, -0.15) is 0 Å². The van der Waals surface area contributed by atoms with Crippen LogP contribution in [-0.2, 0) is 0 Å². The van der Waals surface area contributed by atoms with Crippen LogP contribution in [0, 0.1) is 0 Å². The van der Waals surface area contributed by atoms with Gasteiger partial charge in [0.15, 0.2) is 0 Å². The van der Waals surface area contributed by atoms with Gasteiger partial charge in [0.2, 0.25) is 0 Å². The maximum absolute atomic E-state index is 11.1. The number of rotatable bonds is 2. The maximum atomic E-state index is 11.1. The lowest BCUT2D eigenvalue weighted by molar-refractivity contribution is 0.163. The van der Waals surface area contributed by atoms with Crippen LogP contribution >= 0.6 is 15.9 Å². The van der Waals surface area contributed by atoms with Gasteiger partial charge in [-0.15, -0.1) is 0 Å². The van der Waals surface area contributed by atoms with Gasteiger partial charge in [-0.3, -0.25) is 0 Å². The van der Waals surface area contributed by atoms with Crippen molar-refractivity contribution in [1.82, 2.24) is 0 Å². The van der Waals surface area contributed by atoms with Crippen LogP contribution in [0.2, 0.25) is 0 Å². The molecule has 0 radical (unpaired) electrons. The maximum Gasteiger partial charge on any atom is 0.116 e. The van der Waals surface area contributed by atoms with E-state index < -0.39 is 12.8 Å². The first kappa shape index (κ1) is 6.37. The Morgan fingerprint density at radius 3 is 2.33 bits per heavy atom. The lowest BCUT2D eigenvalue weighted by atomic mass is 10.5. The molecule has 0 aromatic carbocycles. The zero-order chi connectivity index (χ0) is 4.99. The standard InChI is InChI=1S/C3H6BrFO/c4-1-3(6)2-5/h3,6H,1-2H2/t3-/m0/s1. The highest BCUT2D eigenvalue weighted by molar-refractivity contribution is 9.09. The Morgan fingerprint density at radius 2 is 2.33 bits per heavy atom. The van der Waals surface area contributed by atoms with Crippen molar-refractivity contribution in [3.63, 3.8) is 0 Å². The van der Waals surface area contributed by atoms with Gasteiger partial charge in [0.05, 0.1) is 6.10 Å². The summed E-state index contributed by atoms with van der Waals surface area (Å²) in [4.78, 5) is 0. The summed E-state index contributed by atoms with van der Waals surface area (Å²) in [6.07, 6.45) is -0.815. The molecule has 1 atom stereocenters. The molecule has 0 spiro atoms. The smallest absolute Gasteiger partial charge is 0.116 e. The van der Waals surface area contributed by atoms with Crippen molar-refractivity contribution in [1.29, 1.82) is 0 Å². The third-order valence-electron chi connectivity index (χ3n) is 0.356. The SMILES string of the molecule is O[C@H](CF)CBr. The second kappa shape index (κ2) is 3.56. The van der Waals surface area contributed by atoms with E-state index in [0.717, 1.165) is 0 Å².